The third-order valence-corrected chi connectivity index (χ3v) is 8.93. The molecule has 3 aliphatic heterocycles. The number of carbonyl (C=O) groups is 1. The fourth-order valence-electron chi connectivity index (χ4n) is 6.37. The predicted molar refractivity (Wildman–Crippen MR) is 157 cm³/mol. The van der Waals surface area contributed by atoms with E-state index in [0.29, 0.717) is 5.02 Å². The fourth-order valence-corrected chi connectivity index (χ4v) is 6.54. The van der Waals surface area contributed by atoms with Crippen LogP contribution in [0.1, 0.15) is 72.6 Å². The quantitative estimate of drug-likeness (QED) is 0.423. The van der Waals surface area contributed by atoms with Crippen LogP contribution in [-0.4, -0.2) is 83.7 Å². The van der Waals surface area contributed by atoms with E-state index in [-0.39, 0.29) is 11.9 Å². The van der Waals surface area contributed by atoms with Crippen LogP contribution in [0.15, 0.2) is 30.3 Å². The monoisotopic (exact) mass is 549 g/mol. The summed E-state index contributed by atoms with van der Waals surface area (Å²) in [7, 11) is 4.33. The number of hydrogen-bond donors (Lipinski definition) is 0. The van der Waals surface area contributed by atoms with Gasteiger partial charge in [-0.2, -0.15) is 9.61 Å². The van der Waals surface area contributed by atoms with Gasteiger partial charge in [0.1, 0.15) is 11.6 Å². The molecule has 0 radical (unpaired) electrons. The van der Waals surface area contributed by atoms with Gasteiger partial charge in [0.05, 0.1) is 11.7 Å². The van der Waals surface area contributed by atoms with E-state index in [1.165, 1.54) is 19.3 Å². The van der Waals surface area contributed by atoms with Gasteiger partial charge in [0.25, 0.3) is 5.91 Å². The lowest BCUT2D eigenvalue weighted by Gasteiger charge is -2.35. The predicted octanol–water partition coefficient (Wildman–Crippen LogP) is 5.05. The van der Waals surface area contributed by atoms with Gasteiger partial charge in [0, 0.05) is 62.5 Å². The van der Waals surface area contributed by atoms with Crippen molar-refractivity contribution in [2.24, 2.45) is 0 Å². The molecular formula is C30H40ClN7O. The summed E-state index contributed by atoms with van der Waals surface area (Å²) in [5.74, 6) is 2.15. The molecule has 2 aromatic heterocycles. The summed E-state index contributed by atoms with van der Waals surface area (Å²) >= 11 is 6.42. The third kappa shape index (κ3) is 5.46. The highest BCUT2D eigenvalue weighted by Gasteiger charge is 2.32. The number of rotatable bonds is 1. The molecular weight excluding hydrogens is 510 g/mol. The van der Waals surface area contributed by atoms with E-state index >= 15 is 0 Å². The van der Waals surface area contributed by atoms with E-state index < -0.39 is 0 Å². The Labute approximate surface area is 236 Å². The summed E-state index contributed by atoms with van der Waals surface area (Å²) in [6.07, 6.45) is 8.53. The summed E-state index contributed by atoms with van der Waals surface area (Å²) in [6.45, 7) is 5.62. The van der Waals surface area contributed by atoms with Crippen LogP contribution >= 0.6 is 11.6 Å². The van der Waals surface area contributed by atoms with Crippen LogP contribution in [0.4, 0.5) is 11.6 Å². The average molecular weight is 550 g/mol. The highest BCUT2D eigenvalue weighted by molar-refractivity contribution is 6.31. The van der Waals surface area contributed by atoms with Crippen molar-refractivity contribution in [3.63, 3.8) is 0 Å². The zero-order valence-corrected chi connectivity index (χ0v) is 24.0. The molecule has 1 unspecified atom stereocenters. The molecule has 5 heterocycles. The van der Waals surface area contributed by atoms with Crippen LogP contribution < -0.4 is 9.80 Å². The normalized spacial score (nSPS) is 21.9. The summed E-state index contributed by atoms with van der Waals surface area (Å²) in [4.78, 5) is 28.3. The molecule has 39 heavy (non-hydrogen) atoms. The molecule has 2 fully saturated rings. The van der Waals surface area contributed by atoms with Gasteiger partial charge in [-0.1, -0.05) is 17.7 Å². The standard InChI is InChI=1S/C30H40ClN7O/c1-34-13-8-9-22-11-12-23(31)19-24(22)30(39)37-16-7-4-10-26(37)25-20-28-32-27(36-14-5-3-6-15-36)21-29(38(28)33-25)35(2)18-17-34/h11-12,19-21,26H,3-10,13-18H2,1-2H3. The number of hydrogen-bond acceptors (Lipinski definition) is 6. The van der Waals surface area contributed by atoms with Gasteiger partial charge in [0.15, 0.2) is 5.65 Å². The van der Waals surface area contributed by atoms with E-state index in [0.717, 1.165) is 105 Å². The molecule has 0 aliphatic carbocycles. The second kappa shape index (κ2) is 11.3. The molecule has 0 spiro atoms. The number of anilines is 2. The molecule has 3 aliphatic rings. The first-order chi connectivity index (χ1) is 19.0. The molecule has 208 valence electrons. The first-order valence-corrected chi connectivity index (χ1v) is 15.0. The molecule has 9 heteroatoms. The maximum atomic E-state index is 14.1. The van der Waals surface area contributed by atoms with Crippen LogP contribution in [0.25, 0.3) is 5.65 Å². The summed E-state index contributed by atoms with van der Waals surface area (Å²) in [6, 6.07) is 10.1. The minimum Gasteiger partial charge on any atom is -0.358 e. The first-order valence-electron chi connectivity index (χ1n) is 14.6. The van der Waals surface area contributed by atoms with E-state index in [4.69, 9.17) is 21.7 Å². The van der Waals surface area contributed by atoms with E-state index in [1.807, 2.05) is 27.6 Å². The van der Waals surface area contributed by atoms with Crippen LogP contribution in [0.2, 0.25) is 5.02 Å². The Hall–Kier alpha value is -2.84. The number of carbonyl (C=O) groups excluding carboxylic acids is 1. The van der Waals surface area contributed by atoms with Crippen LogP contribution in [0, 0.1) is 0 Å². The Morgan fingerprint density at radius 1 is 0.872 bits per heavy atom. The molecule has 8 nitrogen and oxygen atoms in total. The van der Waals surface area contributed by atoms with Crippen LogP contribution in [0.5, 0.6) is 0 Å². The SMILES string of the molecule is CN1CCCc2ccc(Cl)cc2C(=O)N2CCCCC2c2cc3nc(N4CCCCC4)cc(n3n2)N(C)CC1. The van der Waals surface area contributed by atoms with Crippen LogP contribution in [0.3, 0.4) is 0 Å². The van der Waals surface area contributed by atoms with Gasteiger partial charge in [-0.25, -0.2) is 4.98 Å². The van der Waals surface area contributed by atoms with Crippen molar-refractivity contribution >= 4 is 34.8 Å². The fraction of sp³-hybridized carbons (Fsp3) is 0.567. The summed E-state index contributed by atoms with van der Waals surface area (Å²) in [5.41, 5.74) is 3.60. The average Bonchev–Trinajstić information content (AvgIpc) is 3.40. The van der Waals surface area contributed by atoms with Gasteiger partial charge in [-0.05, 0) is 82.7 Å². The Morgan fingerprint density at radius 3 is 2.54 bits per heavy atom. The van der Waals surface area contributed by atoms with E-state index in [2.05, 4.69) is 40.9 Å². The van der Waals surface area contributed by atoms with Gasteiger partial charge in [-0.15, -0.1) is 0 Å². The van der Waals surface area contributed by atoms with Crippen LogP contribution in [-0.2, 0) is 6.42 Å². The van der Waals surface area contributed by atoms with Crippen molar-refractivity contribution in [1.29, 1.82) is 0 Å². The highest BCUT2D eigenvalue weighted by atomic mass is 35.5. The van der Waals surface area contributed by atoms with Crippen molar-refractivity contribution in [2.45, 2.75) is 57.4 Å². The molecule has 1 amide bonds. The maximum absolute atomic E-state index is 14.1. The summed E-state index contributed by atoms with van der Waals surface area (Å²) in [5, 5.41) is 5.74. The first kappa shape index (κ1) is 26.4. The second-order valence-electron chi connectivity index (χ2n) is 11.5. The molecule has 3 aromatic rings. The van der Waals surface area contributed by atoms with Gasteiger partial charge >= 0.3 is 0 Å². The molecule has 1 atom stereocenters. The number of halogens is 1. The zero-order chi connectivity index (χ0) is 26.9. The highest BCUT2D eigenvalue weighted by Crippen LogP contribution is 2.34. The molecule has 0 N–H and O–H groups in total. The smallest absolute Gasteiger partial charge is 0.254 e. The van der Waals surface area contributed by atoms with Crippen molar-refractivity contribution in [3.05, 3.63) is 52.2 Å². The number of nitrogens with zero attached hydrogens (tertiary/aromatic N) is 7. The number of fused-ring (bicyclic) bond motifs is 4. The topological polar surface area (TPSA) is 60.2 Å². The van der Waals surface area contributed by atoms with Gasteiger partial charge < -0.3 is 19.6 Å². The lowest BCUT2D eigenvalue weighted by Crippen LogP contribution is -2.39. The van der Waals surface area contributed by atoms with Crippen molar-refractivity contribution < 1.29 is 4.79 Å². The largest absolute Gasteiger partial charge is 0.358 e. The number of amides is 1. The number of aromatic nitrogens is 3. The molecule has 1 aromatic carbocycles. The molecule has 6 rings (SSSR count). The Kier molecular flexibility index (Phi) is 7.67. The van der Waals surface area contributed by atoms with Crippen molar-refractivity contribution in [3.8, 4) is 0 Å². The summed E-state index contributed by atoms with van der Waals surface area (Å²) < 4.78 is 2.00. The van der Waals surface area contributed by atoms with Crippen molar-refractivity contribution in [1.82, 2.24) is 24.4 Å². The van der Waals surface area contributed by atoms with Gasteiger partial charge in [-0.3, -0.25) is 4.79 Å². The number of likely N-dealkylation sites (N-methyl/N-ethyl adjacent to an activating group) is 2. The van der Waals surface area contributed by atoms with Crippen molar-refractivity contribution in [2.75, 3.05) is 63.2 Å². The Bertz CT molecular complexity index is 1330. The van der Waals surface area contributed by atoms with E-state index in [1.54, 1.807) is 0 Å². The maximum Gasteiger partial charge on any atom is 0.254 e. The number of piperidine rings is 2. The number of benzene rings is 1. The van der Waals surface area contributed by atoms with Gasteiger partial charge in [0.2, 0.25) is 0 Å². The van der Waals surface area contributed by atoms with E-state index in [9.17, 15) is 4.79 Å². The molecule has 0 saturated carbocycles. The lowest BCUT2D eigenvalue weighted by atomic mass is 9.96. The number of aryl methyl sites for hydroxylation is 1. The lowest BCUT2D eigenvalue weighted by molar-refractivity contribution is 0.0604. The molecule has 2 bridgehead atoms. The second-order valence-corrected chi connectivity index (χ2v) is 11.9. The minimum atomic E-state index is -0.0737. The molecule has 2 saturated heterocycles. The third-order valence-electron chi connectivity index (χ3n) is 8.70. The Balaban J connectivity index is 1.46. The zero-order valence-electron chi connectivity index (χ0n) is 23.3. The minimum absolute atomic E-state index is 0.0639. The Morgan fingerprint density at radius 2 is 1.69 bits per heavy atom.